The molecule has 0 spiro atoms. The fourth-order valence-corrected chi connectivity index (χ4v) is 4.61. The topological polar surface area (TPSA) is 29.5 Å². The highest BCUT2D eigenvalue weighted by Gasteiger charge is 2.25. The van der Waals surface area contributed by atoms with E-state index in [1.165, 1.54) is 11.1 Å². The molecule has 2 heterocycles. The highest BCUT2D eigenvalue weighted by molar-refractivity contribution is 6.31. The number of nitrogens with zero attached hydrogens (tertiary/aromatic N) is 1. The van der Waals surface area contributed by atoms with Crippen LogP contribution in [0, 0.1) is 5.92 Å². The number of ether oxygens (including phenoxy) is 1. The van der Waals surface area contributed by atoms with Crippen LogP contribution in [-0.4, -0.2) is 30.3 Å². The standard InChI is InChI=1S/C25H27Cl2NO2/c1-16(2)23(29)9-12-28-10-7-17(8-11-28)25-21-13-19(26)4-3-18(21)15-30-24-6-5-20(27)14-22(24)25/h3-6,13-14,16H,7-12,15H2,1-2H3. The molecule has 2 aliphatic heterocycles. The van der Waals surface area contributed by atoms with Crippen molar-refractivity contribution in [2.45, 2.75) is 39.7 Å². The van der Waals surface area contributed by atoms with Crippen LogP contribution in [0.15, 0.2) is 42.0 Å². The number of carbonyl (C=O) groups is 1. The summed E-state index contributed by atoms with van der Waals surface area (Å²) in [6.45, 7) is 7.21. The Morgan fingerprint density at radius 1 is 1.03 bits per heavy atom. The maximum absolute atomic E-state index is 12.0. The number of rotatable bonds is 4. The Bertz CT molecular complexity index is 931. The number of hydrogen-bond donors (Lipinski definition) is 0. The Labute approximate surface area is 188 Å². The third-order valence-electron chi connectivity index (χ3n) is 6.07. The molecule has 0 N–H and O–H groups in total. The highest BCUT2D eigenvalue weighted by atomic mass is 35.5. The van der Waals surface area contributed by atoms with E-state index < -0.39 is 0 Å². The first-order valence-electron chi connectivity index (χ1n) is 10.6. The third-order valence-corrected chi connectivity index (χ3v) is 6.54. The van der Waals surface area contributed by atoms with E-state index in [-0.39, 0.29) is 5.92 Å². The van der Waals surface area contributed by atoms with Crippen molar-refractivity contribution in [3.05, 3.63) is 68.7 Å². The Hall–Kier alpha value is -1.81. The molecule has 1 fully saturated rings. The zero-order valence-electron chi connectivity index (χ0n) is 17.5. The van der Waals surface area contributed by atoms with Crippen LogP contribution >= 0.6 is 23.2 Å². The summed E-state index contributed by atoms with van der Waals surface area (Å²) in [5.74, 6) is 1.31. The van der Waals surface area contributed by atoms with Crippen molar-refractivity contribution in [3.63, 3.8) is 0 Å². The van der Waals surface area contributed by atoms with Crippen molar-refractivity contribution in [2.75, 3.05) is 19.6 Å². The van der Waals surface area contributed by atoms with Crippen LogP contribution in [-0.2, 0) is 11.4 Å². The van der Waals surface area contributed by atoms with Gasteiger partial charge in [-0.1, -0.05) is 48.7 Å². The van der Waals surface area contributed by atoms with Crippen molar-refractivity contribution in [1.82, 2.24) is 4.90 Å². The quantitative estimate of drug-likeness (QED) is 0.547. The summed E-state index contributed by atoms with van der Waals surface area (Å²) < 4.78 is 6.12. The molecule has 0 saturated carbocycles. The number of carbonyl (C=O) groups excluding carboxylic acids is 1. The SMILES string of the molecule is CC(C)C(=O)CCN1CCC(=C2c3cc(Cl)ccc3COc3ccc(Cl)cc32)CC1. The molecule has 30 heavy (non-hydrogen) atoms. The highest BCUT2D eigenvalue weighted by Crippen LogP contribution is 2.42. The van der Waals surface area contributed by atoms with Gasteiger partial charge in [-0.15, -0.1) is 0 Å². The minimum atomic E-state index is 0.112. The van der Waals surface area contributed by atoms with Crippen molar-refractivity contribution >= 4 is 34.6 Å². The van der Waals surface area contributed by atoms with Gasteiger partial charge in [0.05, 0.1) is 0 Å². The average Bonchev–Trinajstić information content (AvgIpc) is 2.88. The summed E-state index contributed by atoms with van der Waals surface area (Å²) in [5.41, 5.74) is 5.93. The van der Waals surface area contributed by atoms with E-state index in [9.17, 15) is 4.79 Å². The second-order valence-electron chi connectivity index (χ2n) is 8.42. The van der Waals surface area contributed by atoms with E-state index in [0.717, 1.165) is 59.9 Å². The number of hydrogen-bond acceptors (Lipinski definition) is 3. The van der Waals surface area contributed by atoms with Crippen LogP contribution in [0.1, 0.15) is 49.8 Å². The zero-order chi connectivity index (χ0) is 21.3. The number of fused-ring (bicyclic) bond motifs is 2. The molecule has 0 aliphatic carbocycles. The monoisotopic (exact) mass is 443 g/mol. The summed E-state index contributed by atoms with van der Waals surface area (Å²) in [6, 6.07) is 11.9. The van der Waals surface area contributed by atoms with E-state index in [2.05, 4.69) is 11.0 Å². The number of Topliss-reactive ketones (excluding diaryl/α,β-unsaturated/α-hetero) is 1. The van der Waals surface area contributed by atoms with Crippen LogP contribution in [0.2, 0.25) is 10.0 Å². The van der Waals surface area contributed by atoms with Gasteiger partial charge in [0.15, 0.2) is 0 Å². The first kappa shape index (κ1) is 21.4. The zero-order valence-corrected chi connectivity index (χ0v) is 19.0. The van der Waals surface area contributed by atoms with Crippen LogP contribution in [0.4, 0.5) is 0 Å². The first-order chi connectivity index (χ1) is 14.4. The van der Waals surface area contributed by atoms with E-state index in [0.29, 0.717) is 23.8 Å². The minimum Gasteiger partial charge on any atom is -0.488 e. The molecule has 0 radical (unpaired) electrons. The molecule has 4 rings (SSSR count). The Morgan fingerprint density at radius 3 is 2.40 bits per heavy atom. The largest absolute Gasteiger partial charge is 0.488 e. The van der Waals surface area contributed by atoms with Crippen LogP contribution in [0.25, 0.3) is 5.57 Å². The lowest BCUT2D eigenvalue weighted by molar-refractivity contribution is -0.122. The normalized spacial score (nSPS) is 16.7. The summed E-state index contributed by atoms with van der Waals surface area (Å²) in [5, 5.41) is 1.42. The average molecular weight is 444 g/mol. The smallest absolute Gasteiger partial charge is 0.136 e. The van der Waals surface area contributed by atoms with Gasteiger partial charge in [0.1, 0.15) is 18.1 Å². The van der Waals surface area contributed by atoms with Crippen LogP contribution in [0.5, 0.6) is 5.75 Å². The predicted octanol–water partition coefficient (Wildman–Crippen LogP) is 6.40. The maximum Gasteiger partial charge on any atom is 0.136 e. The van der Waals surface area contributed by atoms with Crippen LogP contribution < -0.4 is 4.74 Å². The second-order valence-corrected chi connectivity index (χ2v) is 9.29. The molecule has 158 valence electrons. The number of benzene rings is 2. The second kappa shape index (κ2) is 9.13. The molecule has 3 nitrogen and oxygen atoms in total. The van der Waals surface area contributed by atoms with E-state index in [4.69, 9.17) is 27.9 Å². The maximum atomic E-state index is 12.0. The summed E-state index contributed by atoms with van der Waals surface area (Å²) in [6.07, 6.45) is 2.56. The van der Waals surface area contributed by atoms with Gasteiger partial charge in [-0.3, -0.25) is 4.79 Å². The Morgan fingerprint density at radius 2 is 1.70 bits per heavy atom. The van der Waals surface area contributed by atoms with Crippen molar-refractivity contribution in [1.29, 1.82) is 0 Å². The molecule has 5 heteroatoms. The van der Waals surface area contributed by atoms with Gasteiger partial charge < -0.3 is 9.64 Å². The molecule has 0 aromatic heterocycles. The van der Waals surface area contributed by atoms with Gasteiger partial charge in [-0.25, -0.2) is 0 Å². The molecule has 2 aromatic carbocycles. The lowest BCUT2D eigenvalue weighted by atomic mass is 9.86. The molecule has 2 aromatic rings. The number of halogens is 2. The van der Waals surface area contributed by atoms with Gasteiger partial charge in [-0.05, 0) is 59.9 Å². The minimum absolute atomic E-state index is 0.112. The number of ketones is 1. The fourth-order valence-electron chi connectivity index (χ4n) is 4.27. The van der Waals surface area contributed by atoms with Gasteiger partial charge in [0.25, 0.3) is 0 Å². The molecular weight excluding hydrogens is 417 g/mol. The Balaban J connectivity index is 1.66. The molecular formula is C25H27Cl2NO2. The summed E-state index contributed by atoms with van der Waals surface area (Å²) in [7, 11) is 0. The predicted molar refractivity (Wildman–Crippen MR) is 123 cm³/mol. The third kappa shape index (κ3) is 4.59. The molecule has 1 saturated heterocycles. The fraction of sp³-hybridized carbons (Fsp3) is 0.400. The first-order valence-corrected chi connectivity index (χ1v) is 11.4. The molecule has 0 amide bonds. The lowest BCUT2D eigenvalue weighted by Gasteiger charge is -2.30. The van der Waals surface area contributed by atoms with Gasteiger partial charge in [-0.2, -0.15) is 0 Å². The van der Waals surface area contributed by atoms with Gasteiger partial charge in [0, 0.05) is 47.6 Å². The van der Waals surface area contributed by atoms with E-state index in [1.807, 2.05) is 44.2 Å². The summed E-state index contributed by atoms with van der Waals surface area (Å²) in [4.78, 5) is 14.4. The van der Waals surface area contributed by atoms with Gasteiger partial charge >= 0.3 is 0 Å². The van der Waals surface area contributed by atoms with Crippen molar-refractivity contribution in [2.24, 2.45) is 5.92 Å². The molecule has 2 aliphatic rings. The summed E-state index contributed by atoms with van der Waals surface area (Å²) >= 11 is 12.8. The Kier molecular flexibility index (Phi) is 6.52. The van der Waals surface area contributed by atoms with Crippen LogP contribution in [0.3, 0.4) is 0 Å². The number of piperidine rings is 1. The van der Waals surface area contributed by atoms with Crippen molar-refractivity contribution in [3.8, 4) is 5.75 Å². The molecule has 0 unspecified atom stereocenters. The van der Waals surface area contributed by atoms with E-state index >= 15 is 0 Å². The number of likely N-dealkylation sites (tertiary alicyclic amines) is 1. The van der Waals surface area contributed by atoms with Gasteiger partial charge in [0.2, 0.25) is 0 Å². The van der Waals surface area contributed by atoms with E-state index in [1.54, 1.807) is 0 Å². The van der Waals surface area contributed by atoms with Crippen molar-refractivity contribution < 1.29 is 9.53 Å². The molecule has 0 atom stereocenters. The molecule has 0 bridgehead atoms. The lowest BCUT2D eigenvalue weighted by Crippen LogP contribution is -2.33.